The van der Waals surface area contributed by atoms with Gasteiger partial charge in [0, 0.05) is 12.1 Å². The molecule has 7 nitrogen and oxygen atoms in total. The standard InChI is InChI=1S/C22H13NO6/c24-21(15-9-6-10-16(13-15)23(26)27)29-20-17-11-4-5-12-18(17)28-22(25)19(20)14-7-2-1-3-8-14/h1-13H. The number of fused-ring (bicyclic) bond motifs is 1. The third-order valence-electron chi connectivity index (χ3n) is 4.32. The summed E-state index contributed by atoms with van der Waals surface area (Å²) in [5.74, 6) is -0.777. The number of rotatable bonds is 4. The minimum absolute atomic E-state index is 0.00414. The van der Waals surface area contributed by atoms with E-state index in [1.165, 1.54) is 18.2 Å². The van der Waals surface area contributed by atoms with Crippen molar-refractivity contribution in [3.8, 4) is 16.9 Å². The van der Waals surface area contributed by atoms with Crippen LogP contribution in [0.25, 0.3) is 22.1 Å². The zero-order valence-electron chi connectivity index (χ0n) is 14.9. The minimum atomic E-state index is -0.818. The number of nitro groups is 1. The van der Waals surface area contributed by atoms with Gasteiger partial charge in [-0.1, -0.05) is 48.5 Å². The van der Waals surface area contributed by atoms with Crippen LogP contribution in [0, 0.1) is 10.1 Å². The highest BCUT2D eigenvalue weighted by Crippen LogP contribution is 2.34. The molecule has 0 amide bonds. The summed E-state index contributed by atoms with van der Waals surface area (Å²) in [6.45, 7) is 0. The summed E-state index contributed by atoms with van der Waals surface area (Å²) in [6.07, 6.45) is 0. The summed E-state index contributed by atoms with van der Waals surface area (Å²) in [7, 11) is 0. The Morgan fingerprint density at radius 2 is 1.66 bits per heavy atom. The zero-order valence-corrected chi connectivity index (χ0v) is 14.9. The van der Waals surface area contributed by atoms with Crippen molar-refractivity contribution in [2.24, 2.45) is 0 Å². The molecule has 0 fully saturated rings. The molecule has 0 bridgehead atoms. The smallest absolute Gasteiger partial charge is 0.348 e. The predicted molar refractivity (Wildman–Crippen MR) is 106 cm³/mol. The SMILES string of the molecule is O=C(Oc1c(-c2ccccc2)c(=O)oc2ccccc12)c1cccc([N+](=O)[O-])c1. The lowest BCUT2D eigenvalue weighted by Crippen LogP contribution is -2.13. The lowest BCUT2D eigenvalue weighted by molar-refractivity contribution is -0.384. The molecule has 4 aromatic rings. The molecule has 4 rings (SSSR count). The van der Waals surface area contributed by atoms with Crippen LogP contribution in [0.15, 0.2) is 88.1 Å². The van der Waals surface area contributed by atoms with Gasteiger partial charge >= 0.3 is 11.6 Å². The lowest BCUT2D eigenvalue weighted by Gasteiger charge is -2.12. The molecule has 0 aliphatic heterocycles. The van der Waals surface area contributed by atoms with E-state index in [0.29, 0.717) is 10.9 Å². The number of carbonyl (C=O) groups excluding carboxylic acids is 1. The second-order valence-electron chi connectivity index (χ2n) is 6.15. The van der Waals surface area contributed by atoms with Crippen molar-refractivity contribution in [3.63, 3.8) is 0 Å². The van der Waals surface area contributed by atoms with Crippen LogP contribution < -0.4 is 10.4 Å². The van der Waals surface area contributed by atoms with Crippen LogP contribution in [0.4, 0.5) is 5.69 Å². The van der Waals surface area contributed by atoms with Crippen molar-refractivity contribution >= 4 is 22.6 Å². The van der Waals surface area contributed by atoms with E-state index in [-0.39, 0.29) is 28.1 Å². The van der Waals surface area contributed by atoms with Gasteiger partial charge < -0.3 is 9.15 Å². The van der Waals surface area contributed by atoms with E-state index in [1.807, 2.05) is 0 Å². The number of nitro benzene ring substituents is 1. The van der Waals surface area contributed by atoms with Gasteiger partial charge in [0.1, 0.15) is 11.1 Å². The third-order valence-corrected chi connectivity index (χ3v) is 4.32. The first-order chi connectivity index (χ1) is 14.0. The first-order valence-electron chi connectivity index (χ1n) is 8.62. The maximum atomic E-state index is 12.7. The summed E-state index contributed by atoms with van der Waals surface area (Å²) in [4.78, 5) is 35.8. The van der Waals surface area contributed by atoms with Crippen LogP contribution in [0.1, 0.15) is 10.4 Å². The van der Waals surface area contributed by atoms with Crippen LogP contribution in [-0.2, 0) is 0 Å². The van der Waals surface area contributed by atoms with Crippen LogP contribution in [-0.4, -0.2) is 10.9 Å². The normalized spacial score (nSPS) is 10.6. The number of para-hydroxylation sites is 1. The van der Waals surface area contributed by atoms with Crippen LogP contribution in [0.5, 0.6) is 5.75 Å². The highest BCUT2D eigenvalue weighted by molar-refractivity contribution is 5.97. The van der Waals surface area contributed by atoms with Crippen LogP contribution in [0.2, 0.25) is 0 Å². The topological polar surface area (TPSA) is 99.7 Å². The van der Waals surface area contributed by atoms with E-state index in [0.717, 1.165) is 6.07 Å². The molecule has 0 atom stereocenters. The van der Waals surface area contributed by atoms with E-state index in [4.69, 9.17) is 9.15 Å². The molecule has 3 aromatic carbocycles. The lowest BCUT2D eigenvalue weighted by atomic mass is 10.0. The molecule has 0 aliphatic carbocycles. The maximum Gasteiger partial charge on any atom is 0.348 e. The minimum Gasteiger partial charge on any atom is -0.422 e. The number of hydrogen-bond acceptors (Lipinski definition) is 6. The summed E-state index contributed by atoms with van der Waals surface area (Å²) < 4.78 is 11.0. The number of hydrogen-bond donors (Lipinski definition) is 0. The highest BCUT2D eigenvalue weighted by Gasteiger charge is 2.22. The van der Waals surface area contributed by atoms with Crippen molar-refractivity contribution in [3.05, 3.63) is 105 Å². The van der Waals surface area contributed by atoms with E-state index in [9.17, 15) is 19.7 Å². The van der Waals surface area contributed by atoms with Gasteiger partial charge in [-0.25, -0.2) is 9.59 Å². The van der Waals surface area contributed by atoms with Gasteiger partial charge in [-0.3, -0.25) is 10.1 Å². The number of carbonyl (C=O) groups is 1. The highest BCUT2D eigenvalue weighted by atomic mass is 16.6. The molecule has 0 saturated carbocycles. The van der Waals surface area contributed by atoms with Gasteiger partial charge in [-0.15, -0.1) is 0 Å². The summed E-state index contributed by atoms with van der Waals surface area (Å²) in [6, 6.07) is 20.6. The largest absolute Gasteiger partial charge is 0.422 e. The predicted octanol–water partition coefficient (Wildman–Crippen LogP) is 4.59. The van der Waals surface area contributed by atoms with Gasteiger partial charge in [0.25, 0.3) is 5.69 Å². The molecule has 0 spiro atoms. The van der Waals surface area contributed by atoms with Gasteiger partial charge in [-0.2, -0.15) is 0 Å². The number of non-ortho nitro benzene ring substituents is 1. The Morgan fingerprint density at radius 3 is 2.41 bits per heavy atom. The van der Waals surface area contributed by atoms with Crippen molar-refractivity contribution in [1.29, 1.82) is 0 Å². The van der Waals surface area contributed by atoms with Crippen molar-refractivity contribution in [1.82, 2.24) is 0 Å². The summed E-state index contributed by atoms with van der Waals surface area (Å²) in [5.41, 5.74) is -0.0107. The number of benzene rings is 3. The van der Waals surface area contributed by atoms with Crippen LogP contribution >= 0.6 is 0 Å². The van der Waals surface area contributed by atoms with E-state index >= 15 is 0 Å². The quantitative estimate of drug-likeness (QED) is 0.220. The second-order valence-corrected chi connectivity index (χ2v) is 6.15. The molecule has 0 unspecified atom stereocenters. The molecule has 142 valence electrons. The molecule has 0 saturated heterocycles. The van der Waals surface area contributed by atoms with E-state index in [2.05, 4.69) is 0 Å². The van der Waals surface area contributed by atoms with Crippen molar-refractivity contribution < 1.29 is 18.9 Å². The number of nitrogens with zero attached hydrogens (tertiary/aromatic N) is 1. The molecule has 29 heavy (non-hydrogen) atoms. The van der Waals surface area contributed by atoms with Gasteiger partial charge in [0.05, 0.1) is 15.9 Å². The third kappa shape index (κ3) is 3.49. The van der Waals surface area contributed by atoms with Gasteiger partial charge in [0.15, 0.2) is 5.75 Å². The van der Waals surface area contributed by atoms with Gasteiger partial charge in [-0.05, 0) is 23.8 Å². The molecule has 0 aliphatic rings. The number of ether oxygens (including phenoxy) is 1. The summed E-state index contributed by atoms with van der Waals surface area (Å²) >= 11 is 0. The average Bonchev–Trinajstić information content (AvgIpc) is 2.74. The molecule has 0 radical (unpaired) electrons. The Bertz CT molecular complexity index is 1290. The number of esters is 1. The van der Waals surface area contributed by atoms with E-state index < -0.39 is 16.5 Å². The zero-order chi connectivity index (χ0) is 20.4. The fourth-order valence-electron chi connectivity index (χ4n) is 2.98. The molecule has 1 heterocycles. The van der Waals surface area contributed by atoms with E-state index in [1.54, 1.807) is 54.6 Å². The van der Waals surface area contributed by atoms with Gasteiger partial charge in [0.2, 0.25) is 0 Å². The van der Waals surface area contributed by atoms with Crippen LogP contribution in [0.3, 0.4) is 0 Å². The molecular weight excluding hydrogens is 374 g/mol. The Kier molecular flexibility index (Phi) is 4.62. The van der Waals surface area contributed by atoms with Crippen molar-refractivity contribution in [2.45, 2.75) is 0 Å². The average molecular weight is 387 g/mol. The Labute approximate surface area is 163 Å². The molecule has 1 aromatic heterocycles. The summed E-state index contributed by atoms with van der Waals surface area (Å²) in [5, 5.41) is 11.4. The van der Waals surface area contributed by atoms with Crippen molar-refractivity contribution in [2.75, 3.05) is 0 Å². The monoisotopic (exact) mass is 387 g/mol. The Balaban J connectivity index is 1.88. The molecular formula is C22H13NO6. The fourth-order valence-corrected chi connectivity index (χ4v) is 2.98. The molecule has 7 heteroatoms. The second kappa shape index (κ2) is 7.40. The first-order valence-corrected chi connectivity index (χ1v) is 8.62. The first kappa shape index (κ1) is 18.1. The maximum absolute atomic E-state index is 12.7. The fraction of sp³-hybridized carbons (Fsp3) is 0. The molecule has 0 N–H and O–H groups in total. The Morgan fingerprint density at radius 1 is 0.931 bits per heavy atom. The Hall–Kier alpha value is -4.26.